The molecule has 1 aromatic carbocycles. The third-order valence-electron chi connectivity index (χ3n) is 2.37. The molecule has 1 rings (SSSR count). The first-order valence-corrected chi connectivity index (χ1v) is 4.57. The van der Waals surface area contributed by atoms with Gasteiger partial charge in [0.05, 0.1) is 12.6 Å². The van der Waals surface area contributed by atoms with E-state index in [-0.39, 0.29) is 6.04 Å². The number of nitrogens with two attached hydrogens (primary N) is 1. The zero-order valence-electron chi connectivity index (χ0n) is 8.57. The van der Waals surface area contributed by atoms with Crippen molar-refractivity contribution in [2.45, 2.75) is 13.0 Å². The number of nitriles is 1. The molecule has 1 aromatic rings. The lowest BCUT2D eigenvalue weighted by Gasteiger charge is -2.22. The average Bonchev–Trinajstić information content (AvgIpc) is 2.17. The third kappa shape index (κ3) is 2.48. The Labute approximate surface area is 84.7 Å². The molecule has 74 valence electrons. The molecule has 0 spiro atoms. The first-order valence-electron chi connectivity index (χ1n) is 4.57. The molecule has 0 heterocycles. The predicted molar refractivity (Wildman–Crippen MR) is 57.5 cm³/mol. The minimum absolute atomic E-state index is 0.221. The van der Waals surface area contributed by atoms with E-state index in [1.165, 1.54) is 0 Å². The maximum Gasteiger partial charge on any atom is 0.0868 e. The summed E-state index contributed by atoms with van der Waals surface area (Å²) in [4.78, 5) is 1.98. The number of rotatable bonds is 3. The van der Waals surface area contributed by atoms with E-state index in [9.17, 15) is 0 Å². The quantitative estimate of drug-likeness (QED) is 0.582. The molecule has 0 saturated heterocycles. The second kappa shape index (κ2) is 4.64. The fourth-order valence-electron chi connectivity index (χ4n) is 1.32. The van der Waals surface area contributed by atoms with E-state index in [2.05, 4.69) is 13.0 Å². The number of benzene rings is 1. The van der Waals surface area contributed by atoms with Gasteiger partial charge in [0.2, 0.25) is 0 Å². The van der Waals surface area contributed by atoms with Crippen LogP contribution in [0.1, 0.15) is 18.5 Å². The molecule has 0 aliphatic carbocycles. The molecule has 1 unspecified atom stereocenters. The standard InChI is InChI=1S/C11H15N3/c1-9(14(2)7-6-12)10-4-3-5-11(13)8-10/h3-5,8-9H,7,13H2,1-2H3. The lowest BCUT2D eigenvalue weighted by molar-refractivity contribution is 0.293. The van der Waals surface area contributed by atoms with Gasteiger partial charge in [-0.05, 0) is 31.7 Å². The van der Waals surface area contributed by atoms with Gasteiger partial charge < -0.3 is 5.73 Å². The van der Waals surface area contributed by atoms with Crippen molar-refractivity contribution in [3.63, 3.8) is 0 Å². The van der Waals surface area contributed by atoms with Gasteiger partial charge in [0.15, 0.2) is 0 Å². The van der Waals surface area contributed by atoms with Crippen molar-refractivity contribution >= 4 is 5.69 Å². The molecule has 0 saturated carbocycles. The van der Waals surface area contributed by atoms with Crippen LogP contribution in [0.2, 0.25) is 0 Å². The minimum Gasteiger partial charge on any atom is -0.399 e. The van der Waals surface area contributed by atoms with Crippen molar-refractivity contribution in [3.05, 3.63) is 29.8 Å². The number of anilines is 1. The van der Waals surface area contributed by atoms with Gasteiger partial charge in [-0.3, -0.25) is 4.90 Å². The molecular formula is C11H15N3. The van der Waals surface area contributed by atoms with Crippen LogP contribution in [0.3, 0.4) is 0 Å². The molecule has 2 N–H and O–H groups in total. The Morgan fingerprint density at radius 3 is 2.86 bits per heavy atom. The molecule has 0 aliphatic heterocycles. The number of hydrogen-bond acceptors (Lipinski definition) is 3. The van der Waals surface area contributed by atoms with E-state index < -0.39 is 0 Å². The number of hydrogen-bond donors (Lipinski definition) is 1. The zero-order valence-corrected chi connectivity index (χ0v) is 8.57. The molecule has 3 heteroatoms. The molecule has 0 fully saturated rings. The number of nitrogen functional groups attached to an aromatic ring is 1. The van der Waals surface area contributed by atoms with E-state index in [1.807, 2.05) is 36.2 Å². The second-order valence-electron chi connectivity index (χ2n) is 3.42. The lowest BCUT2D eigenvalue weighted by Crippen LogP contribution is -2.22. The highest BCUT2D eigenvalue weighted by Gasteiger charge is 2.10. The summed E-state index contributed by atoms with van der Waals surface area (Å²) in [5.74, 6) is 0. The Morgan fingerprint density at radius 2 is 2.29 bits per heavy atom. The Kier molecular flexibility index (Phi) is 3.49. The largest absolute Gasteiger partial charge is 0.399 e. The fourth-order valence-corrected chi connectivity index (χ4v) is 1.32. The molecule has 3 nitrogen and oxygen atoms in total. The summed E-state index contributed by atoms with van der Waals surface area (Å²) in [6.07, 6.45) is 0. The van der Waals surface area contributed by atoms with Crippen LogP contribution < -0.4 is 5.73 Å². The van der Waals surface area contributed by atoms with Gasteiger partial charge in [0.1, 0.15) is 0 Å². The van der Waals surface area contributed by atoms with Gasteiger partial charge in [-0.25, -0.2) is 0 Å². The maximum atomic E-state index is 8.57. The van der Waals surface area contributed by atoms with Crippen molar-refractivity contribution in [3.8, 4) is 6.07 Å². The van der Waals surface area contributed by atoms with Crippen LogP contribution in [0.25, 0.3) is 0 Å². The van der Waals surface area contributed by atoms with Crippen LogP contribution in [0, 0.1) is 11.3 Å². The first-order chi connectivity index (χ1) is 6.65. The molecule has 1 atom stereocenters. The topological polar surface area (TPSA) is 53.0 Å². The molecule has 14 heavy (non-hydrogen) atoms. The van der Waals surface area contributed by atoms with Crippen LogP contribution in [0.4, 0.5) is 5.69 Å². The monoisotopic (exact) mass is 189 g/mol. The van der Waals surface area contributed by atoms with Crippen LogP contribution in [0.15, 0.2) is 24.3 Å². The van der Waals surface area contributed by atoms with Gasteiger partial charge in [-0.1, -0.05) is 12.1 Å². The Morgan fingerprint density at radius 1 is 1.57 bits per heavy atom. The summed E-state index contributed by atoms with van der Waals surface area (Å²) in [5, 5.41) is 8.57. The van der Waals surface area contributed by atoms with Gasteiger partial charge in [0, 0.05) is 11.7 Å². The smallest absolute Gasteiger partial charge is 0.0868 e. The maximum absolute atomic E-state index is 8.57. The Bertz CT molecular complexity index is 341. The van der Waals surface area contributed by atoms with E-state index in [1.54, 1.807) is 0 Å². The summed E-state index contributed by atoms with van der Waals surface area (Å²) in [6.45, 7) is 2.49. The van der Waals surface area contributed by atoms with E-state index in [0.717, 1.165) is 11.3 Å². The molecule has 0 aromatic heterocycles. The third-order valence-corrected chi connectivity index (χ3v) is 2.37. The normalized spacial score (nSPS) is 12.4. The first kappa shape index (κ1) is 10.6. The molecule has 0 radical (unpaired) electrons. The molecule has 0 amide bonds. The summed E-state index contributed by atoms with van der Waals surface area (Å²) in [6, 6.07) is 10.1. The van der Waals surface area contributed by atoms with E-state index in [4.69, 9.17) is 11.0 Å². The molecular weight excluding hydrogens is 174 g/mol. The lowest BCUT2D eigenvalue weighted by atomic mass is 10.1. The summed E-state index contributed by atoms with van der Waals surface area (Å²) in [5.41, 5.74) is 7.59. The Balaban J connectivity index is 2.79. The van der Waals surface area contributed by atoms with Gasteiger partial charge in [0.25, 0.3) is 0 Å². The summed E-state index contributed by atoms with van der Waals surface area (Å²) < 4.78 is 0. The summed E-state index contributed by atoms with van der Waals surface area (Å²) in [7, 11) is 1.93. The number of nitrogens with zero attached hydrogens (tertiary/aromatic N) is 2. The highest BCUT2D eigenvalue weighted by Crippen LogP contribution is 2.19. The van der Waals surface area contributed by atoms with Crippen molar-refractivity contribution < 1.29 is 0 Å². The highest BCUT2D eigenvalue weighted by atomic mass is 15.1. The van der Waals surface area contributed by atoms with Crippen molar-refractivity contribution in [2.75, 3.05) is 19.3 Å². The van der Waals surface area contributed by atoms with E-state index >= 15 is 0 Å². The summed E-state index contributed by atoms with van der Waals surface area (Å²) >= 11 is 0. The van der Waals surface area contributed by atoms with Crippen molar-refractivity contribution in [1.82, 2.24) is 4.90 Å². The minimum atomic E-state index is 0.221. The van der Waals surface area contributed by atoms with Gasteiger partial charge >= 0.3 is 0 Å². The van der Waals surface area contributed by atoms with Crippen LogP contribution in [-0.2, 0) is 0 Å². The molecule has 0 bridgehead atoms. The van der Waals surface area contributed by atoms with Crippen LogP contribution in [0.5, 0.6) is 0 Å². The van der Waals surface area contributed by atoms with Crippen molar-refractivity contribution in [2.24, 2.45) is 0 Å². The van der Waals surface area contributed by atoms with Gasteiger partial charge in [-0.2, -0.15) is 5.26 Å². The Hall–Kier alpha value is -1.53. The van der Waals surface area contributed by atoms with Crippen LogP contribution >= 0.6 is 0 Å². The van der Waals surface area contributed by atoms with Crippen molar-refractivity contribution in [1.29, 1.82) is 5.26 Å². The SMILES string of the molecule is CC(c1cccc(N)c1)N(C)CC#N. The predicted octanol–water partition coefficient (Wildman–Crippen LogP) is 1.79. The van der Waals surface area contributed by atoms with E-state index in [0.29, 0.717) is 6.54 Å². The van der Waals surface area contributed by atoms with Crippen LogP contribution in [-0.4, -0.2) is 18.5 Å². The van der Waals surface area contributed by atoms with Gasteiger partial charge in [-0.15, -0.1) is 0 Å². The second-order valence-corrected chi connectivity index (χ2v) is 3.42. The highest BCUT2D eigenvalue weighted by molar-refractivity contribution is 5.41. The average molecular weight is 189 g/mol. The molecule has 0 aliphatic rings. The zero-order chi connectivity index (χ0) is 10.6. The fraction of sp³-hybridized carbons (Fsp3) is 0.364.